The highest BCUT2D eigenvalue weighted by Crippen LogP contribution is 2.33. The molecular weight excluding hydrogens is 374 g/mol. The second-order valence-electron chi connectivity index (χ2n) is 7.68. The number of hydrogen-bond acceptors (Lipinski definition) is 3. The number of para-hydroxylation sites is 2. The van der Waals surface area contributed by atoms with E-state index in [-0.39, 0.29) is 7.43 Å². The van der Waals surface area contributed by atoms with E-state index in [0.717, 1.165) is 42.5 Å². The van der Waals surface area contributed by atoms with Gasteiger partial charge < -0.3 is 9.47 Å². The number of anilines is 2. The summed E-state index contributed by atoms with van der Waals surface area (Å²) >= 11 is 0. The van der Waals surface area contributed by atoms with Gasteiger partial charge in [0.1, 0.15) is 0 Å². The Morgan fingerprint density at radius 2 is 1.30 bits per heavy atom. The molecule has 5 nitrogen and oxygen atoms in total. The van der Waals surface area contributed by atoms with Crippen LogP contribution in [-0.4, -0.2) is 6.54 Å². The molecule has 0 radical (unpaired) electrons. The molecule has 152 valence electrons. The average molecular weight is 402 g/mol. The number of pyridine rings is 2. The van der Waals surface area contributed by atoms with E-state index in [1.165, 1.54) is 21.8 Å². The molecule has 0 N–H and O–H groups in total. The van der Waals surface area contributed by atoms with Gasteiger partial charge in [0.2, 0.25) is 13.5 Å². The van der Waals surface area contributed by atoms with Gasteiger partial charge in [-0.3, -0.25) is 0 Å². The summed E-state index contributed by atoms with van der Waals surface area (Å²) < 4.78 is 16.6. The first kappa shape index (κ1) is 18.7. The van der Waals surface area contributed by atoms with Gasteiger partial charge in [0.05, 0.1) is 6.54 Å². The monoisotopic (exact) mass is 401 g/mol. The van der Waals surface area contributed by atoms with E-state index in [4.69, 9.17) is 9.47 Å². The predicted octanol–water partition coefficient (Wildman–Crippen LogP) is 4.84. The van der Waals surface area contributed by atoms with Crippen LogP contribution in [0.2, 0.25) is 0 Å². The Labute approximate surface area is 176 Å². The number of benzene rings is 2. The van der Waals surface area contributed by atoms with E-state index in [1.807, 2.05) is 0 Å². The molecule has 2 aliphatic heterocycles. The normalized spacial score (nSPS) is 13.2. The summed E-state index contributed by atoms with van der Waals surface area (Å²) in [7, 11) is 0. The molecule has 0 bridgehead atoms. The van der Waals surface area contributed by atoms with E-state index < -0.39 is 0 Å². The summed E-state index contributed by atoms with van der Waals surface area (Å²) in [5.41, 5.74) is 2.34. The Balaban J connectivity index is 0.00000193. The largest absolute Gasteiger partial charge is 0.450 e. The number of nitrogens with zero attached hydrogens (tertiary/aromatic N) is 3. The second-order valence-corrected chi connectivity index (χ2v) is 7.68. The van der Waals surface area contributed by atoms with Gasteiger partial charge in [-0.1, -0.05) is 45.0 Å². The molecule has 4 heterocycles. The molecule has 0 unspecified atom stereocenters. The smallest absolute Gasteiger partial charge is 0.288 e. The highest BCUT2D eigenvalue weighted by atomic mass is 16.5. The number of ether oxygens (including phenoxy) is 2. The van der Waals surface area contributed by atoms with Crippen LogP contribution < -0.4 is 23.5 Å². The Morgan fingerprint density at radius 3 is 1.80 bits per heavy atom. The molecule has 0 saturated heterocycles. The van der Waals surface area contributed by atoms with Gasteiger partial charge in [0, 0.05) is 22.9 Å². The molecule has 2 aromatic carbocycles. The molecule has 4 aromatic rings. The van der Waals surface area contributed by atoms with E-state index >= 15 is 0 Å². The van der Waals surface area contributed by atoms with Gasteiger partial charge in [-0.2, -0.15) is 14.0 Å². The molecular formula is C25H27N3O2+2. The third-order valence-electron chi connectivity index (χ3n) is 5.96. The number of unbranched alkanes of at least 4 members (excludes halogenated alkanes) is 1. The standard InChI is InChI=1S/C24H23N3O2.CH4/c1-2-3-14-25(21-12-10-17-6-4-8-19-23(17)26(21)15-28-19)22-13-11-18-7-5-9-20-24(18)27(22)16-29-20;/h4-13H,2-3,14-16H2,1H3;1H4/q+2;. The maximum atomic E-state index is 5.99. The van der Waals surface area contributed by atoms with E-state index in [1.54, 1.807) is 0 Å². The van der Waals surface area contributed by atoms with E-state index in [9.17, 15) is 0 Å². The molecule has 2 aromatic heterocycles. The molecule has 0 amide bonds. The van der Waals surface area contributed by atoms with Gasteiger partial charge >= 0.3 is 0 Å². The average Bonchev–Trinajstić information content (AvgIpc) is 3.39. The van der Waals surface area contributed by atoms with Crippen LogP contribution in [0.5, 0.6) is 11.5 Å². The van der Waals surface area contributed by atoms with Crippen molar-refractivity contribution in [2.45, 2.75) is 40.7 Å². The second kappa shape index (κ2) is 7.17. The first-order valence-corrected chi connectivity index (χ1v) is 10.3. The summed E-state index contributed by atoms with van der Waals surface area (Å²) in [5, 5.41) is 2.42. The Kier molecular flexibility index (Phi) is 4.46. The van der Waals surface area contributed by atoms with Crippen LogP contribution in [0.1, 0.15) is 27.2 Å². The highest BCUT2D eigenvalue weighted by Gasteiger charge is 2.34. The molecule has 5 heteroatoms. The van der Waals surface area contributed by atoms with Gasteiger partial charge in [-0.15, -0.1) is 0 Å². The third-order valence-corrected chi connectivity index (χ3v) is 5.96. The topological polar surface area (TPSA) is 29.5 Å². The maximum absolute atomic E-state index is 5.99. The van der Waals surface area contributed by atoms with Crippen LogP contribution in [-0.2, 0) is 13.5 Å². The lowest BCUT2D eigenvalue weighted by Crippen LogP contribution is -2.46. The van der Waals surface area contributed by atoms with Crippen molar-refractivity contribution in [1.82, 2.24) is 0 Å². The van der Waals surface area contributed by atoms with Crippen molar-refractivity contribution in [1.29, 1.82) is 0 Å². The lowest BCUT2D eigenvalue weighted by molar-refractivity contribution is -0.685. The summed E-state index contributed by atoms with van der Waals surface area (Å²) in [6, 6.07) is 21.3. The predicted molar refractivity (Wildman–Crippen MR) is 118 cm³/mol. The van der Waals surface area contributed by atoms with E-state index in [0.29, 0.717) is 13.5 Å². The first-order valence-electron chi connectivity index (χ1n) is 10.3. The van der Waals surface area contributed by atoms with Crippen LogP contribution in [0.3, 0.4) is 0 Å². The van der Waals surface area contributed by atoms with Crippen LogP contribution in [0.25, 0.3) is 21.8 Å². The van der Waals surface area contributed by atoms with Gasteiger partial charge in [0.25, 0.3) is 11.6 Å². The lowest BCUT2D eigenvalue weighted by atomic mass is 10.2. The minimum atomic E-state index is 0. The van der Waals surface area contributed by atoms with Crippen molar-refractivity contribution in [3.8, 4) is 11.5 Å². The summed E-state index contributed by atoms with van der Waals surface area (Å²) in [6.45, 7) is 4.27. The Hall–Kier alpha value is -3.34. The maximum Gasteiger partial charge on any atom is 0.288 e. The zero-order valence-electron chi connectivity index (χ0n) is 16.5. The summed E-state index contributed by atoms with van der Waals surface area (Å²) in [6.07, 6.45) is 2.25. The van der Waals surface area contributed by atoms with Crippen LogP contribution in [0.4, 0.5) is 11.6 Å². The lowest BCUT2D eigenvalue weighted by Gasteiger charge is -2.18. The number of aromatic nitrogens is 2. The molecule has 0 atom stereocenters. The van der Waals surface area contributed by atoms with Crippen molar-refractivity contribution in [2.75, 3.05) is 11.4 Å². The van der Waals surface area contributed by atoms with Crippen molar-refractivity contribution in [2.24, 2.45) is 0 Å². The molecule has 6 rings (SSSR count). The molecule has 0 fully saturated rings. The Morgan fingerprint density at radius 1 is 0.767 bits per heavy atom. The fourth-order valence-electron chi connectivity index (χ4n) is 4.56. The van der Waals surface area contributed by atoms with Gasteiger partial charge in [0.15, 0.2) is 22.5 Å². The van der Waals surface area contributed by atoms with Crippen LogP contribution in [0.15, 0.2) is 60.7 Å². The van der Waals surface area contributed by atoms with Crippen molar-refractivity contribution in [3.63, 3.8) is 0 Å². The highest BCUT2D eigenvalue weighted by molar-refractivity contribution is 5.84. The first-order chi connectivity index (χ1) is 14.3. The fourth-order valence-corrected chi connectivity index (χ4v) is 4.56. The molecule has 0 spiro atoms. The summed E-state index contributed by atoms with van der Waals surface area (Å²) in [5.74, 6) is 4.23. The minimum Gasteiger partial charge on any atom is -0.450 e. The molecule has 2 aliphatic rings. The van der Waals surface area contributed by atoms with Crippen LogP contribution in [0, 0.1) is 0 Å². The van der Waals surface area contributed by atoms with Crippen LogP contribution >= 0.6 is 0 Å². The van der Waals surface area contributed by atoms with Crippen molar-refractivity contribution < 1.29 is 18.6 Å². The zero-order valence-corrected chi connectivity index (χ0v) is 16.5. The van der Waals surface area contributed by atoms with Gasteiger partial charge in [-0.05, 0) is 30.7 Å². The zero-order chi connectivity index (χ0) is 19.4. The third kappa shape index (κ3) is 2.61. The summed E-state index contributed by atoms with van der Waals surface area (Å²) in [4.78, 5) is 2.42. The van der Waals surface area contributed by atoms with E-state index in [2.05, 4.69) is 81.6 Å². The quantitative estimate of drug-likeness (QED) is 0.448. The van der Waals surface area contributed by atoms with Crippen molar-refractivity contribution in [3.05, 3.63) is 60.7 Å². The Bertz CT molecular complexity index is 1170. The molecule has 0 saturated carbocycles. The van der Waals surface area contributed by atoms with Gasteiger partial charge in [-0.25, -0.2) is 0 Å². The molecule has 30 heavy (non-hydrogen) atoms. The molecule has 0 aliphatic carbocycles. The van der Waals surface area contributed by atoms with Crippen molar-refractivity contribution >= 4 is 33.4 Å². The fraction of sp³-hybridized carbons (Fsp3) is 0.280. The number of hydrogen-bond donors (Lipinski definition) is 0. The minimum absolute atomic E-state index is 0. The number of rotatable bonds is 5. The SMILES string of the molecule is C.CCCCN(c1ccc2cccc3c2[n+]1CO3)c1ccc2cccc3c2[n+]1CO3.